The van der Waals surface area contributed by atoms with Crippen LogP contribution in [0.5, 0.6) is 0 Å². The van der Waals surface area contributed by atoms with Crippen molar-refractivity contribution in [2.45, 2.75) is 0 Å². The third-order valence-corrected chi connectivity index (χ3v) is 3.19. The Kier molecular flexibility index (Phi) is 5.59. The van der Waals surface area contributed by atoms with Gasteiger partial charge in [-0.3, -0.25) is 10.1 Å². The number of nitrogens with zero attached hydrogens (tertiary/aromatic N) is 4. The Hall–Kier alpha value is -2.80. The summed E-state index contributed by atoms with van der Waals surface area (Å²) in [5.41, 5.74) is 0.885. The van der Waals surface area contributed by atoms with Gasteiger partial charge in [-0.15, -0.1) is 0 Å². The van der Waals surface area contributed by atoms with Gasteiger partial charge in [-0.25, -0.2) is 14.4 Å². The van der Waals surface area contributed by atoms with Crippen LogP contribution in [0.1, 0.15) is 5.56 Å². The van der Waals surface area contributed by atoms with Crippen LogP contribution in [-0.4, -0.2) is 36.1 Å². The molecule has 6 nitrogen and oxygen atoms in total. The van der Waals surface area contributed by atoms with Crippen LogP contribution in [0.4, 0.5) is 15.8 Å². The summed E-state index contributed by atoms with van der Waals surface area (Å²) in [6.07, 6.45) is 1.54. The van der Waals surface area contributed by atoms with E-state index in [1.165, 1.54) is 30.6 Å². The number of rotatable bonds is 4. The van der Waals surface area contributed by atoms with E-state index in [0.29, 0.717) is 17.1 Å². The van der Waals surface area contributed by atoms with Gasteiger partial charge in [-0.2, -0.15) is 0 Å². The average molecular weight is 349 g/mol. The van der Waals surface area contributed by atoms with E-state index in [2.05, 4.69) is 9.98 Å². The molecule has 2 aromatic carbocycles. The van der Waals surface area contributed by atoms with Gasteiger partial charge in [0.05, 0.1) is 22.0 Å². The zero-order valence-corrected chi connectivity index (χ0v) is 13.7. The molecule has 0 fully saturated rings. The van der Waals surface area contributed by atoms with Crippen molar-refractivity contribution in [3.05, 3.63) is 69.0 Å². The van der Waals surface area contributed by atoms with Crippen LogP contribution in [0.3, 0.4) is 0 Å². The second-order valence-corrected chi connectivity index (χ2v) is 5.45. The number of halogens is 2. The van der Waals surface area contributed by atoms with E-state index in [9.17, 15) is 14.5 Å². The van der Waals surface area contributed by atoms with E-state index in [4.69, 9.17) is 11.6 Å². The van der Waals surface area contributed by atoms with E-state index in [0.717, 1.165) is 6.07 Å². The predicted octanol–water partition coefficient (Wildman–Crippen LogP) is 4.06. The molecule has 0 bridgehead atoms. The number of benzene rings is 2. The number of nitro benzene ring substituents is 1. The first-order chi connectivity index (χ1) is 11.4. The molecular formula is C16H14ClFN4O2. The molecule has 0 aliphatic carbocycles. The fraction of sp³-hybridized carbons (Fsp3) is 0.125. The van der Waals surface area contributed by atoms with Gasteiger partial charge in [-0.05, 0) is 30.3 Å². The first-order valence-electron chi connectivity index (χ1n) is 6.86. The van der Waals surface area contributed by atoms with E-state index < -0.39 is 10.7 Å². The van der Waals surface area contributed by atoms with Gasteiger partial charge < -0.3 is 4.90 Å². The second-order valence-electron chi connectivity index (χ2n) is 5.04. The number of aliphatic imine (C=N–C) groups is 2. The van der Waals surface area contributed by atoms with E-state index >= 15 is 0 Å². The molecule has 124 valence electrons. The van der Waals surface area contributed by atoms with Crippen LogP contribution in [-0.2, 0) is 0 Å². The Morgan fingerprint density at radius 2 is 1.92 bits per heavy atom. The van der Waals surface area contributed by atoms with Gasteiger partial charge >= 0.3 is 0 Å². The lowest BCUT2D eigenvalue weighted by Crippen LogP contribution is -2.10. The van der Waals surface area contributed by atoms with Gasteiger partial charge in [-0.1, -0.05) is 11.6 Å². The molecule has 24 heavy (non-hydrogen) atoms. The molecule has 2 rings (SSSR count). The average Bonchev–Trinajstić information content (AvgIpc) is 2.53. The molecule has 0 unspecified atom stereocenters. The number of hydrogen-bond donors (Lipinski definition) is 0. The zero-order chi connectivity index (χ0) is 17.7. The Bertz CT molecular complexity index is 804. The highest BCUT2D eigenvalue weighted by Gasteiger charge is 2.09. The Morgan fingerprint density at radius 3 is 2.46 bits per heavy atom. The molecule has 0 amide bonds. The van der Waals surface area contributed by atoms with Gasteiger partial charge in [0.15, 0.2) is 5.84 Å². The van der Waals surface area contributed by atoms with Gasteiger partial charge in [0.25, 0.3) is 5.69 Å². The van der Waals surface area contributed by atoms with Crippen LogP contribution in [0, 0.1) is 15.9 Å². The molecule has 0 saturated carbocycles. The molecule has 8 heteroatoms. The van der Waals surface area contributed by atoms with Crippen molar-refractivity contribution in [1.82, 2.24) is 4.90 Å². The highest BCUT2D eigenvalue weighted by atomic mass is 35.5. The van der Waals surface area contributed by atoms with Gasteiger partial charge in [0.1, 0.15) is 5.82 Å². The van der Waals surface area contributed by atoms with Crippen molar-refractivity contribution in [2.24, 2.45) is 9.98 Å². The molecule has 0 heterocycles. The molecule has 0 N–H and O–H groups in total. The third-order valence-electron chi connectivity index (χ3n) is 2.88. The minimum atomic E-state index is -0.486. The van der Waals surface area contributed by atoms with Crippen molar-refractivity contribution in [2.75, 3.05) is 14.1 Å². The topological polar surface area (TPSA) is 71.1 Å². The summed E-state index contributed by atoms with van der Waals surface area (Å²) in [6, 6.07) is 9.65. The molecule has 0 radical (unpaired) electrons. The lowest BCUT2D eigenvalue weighted by atomic mass is 10.2. The quantitative estimate of drug-likeness (QED) is 0.362. The van der Waals surface area contributed by atoms with Crippen LogP contribution < -0.4 is 0 Å². The summed E-state index contributed by atoms with van der Waals surface area (Å²) in [4.78, 5) is 20.6. The smallest absolute Gasteiger partial charge is 0.269 e. The maximum Gasteiger partial charge on any atom is 0.269 e. The largest absolute Gasteiger partial charge is 0.369 e. The Morgan fingerprint density at radius 1 is 1.25 bits per heavy atom. The van der Waals surface area contributed by atoms with Crippen LogP contribution >= 0.6 is 11.6 Å². The van der Waals surface area contributed by atoms with Crippen molar-refractivity contribution >= 4 is 35.1 Å². The summed E-state index contributed by atoms with van der Waals surface area (Å²) in [7, 11) is 3.59. The fourth-order valence-electron chi connectivity index (χ4n) is 1.76. The second kappa shape index (κ2) is 7.65. The molecule has 0 saturated heterocycles. The normalized spacial score (nSPS) is 11.8. The molecule has 2 aromatic rings. The summed E-state index contributed by atoms with van der Waals surface area (Å²) in [5, 5.41) is 10.9. The number of nitro groups is 1. The number of hydrogen-bond acceptors (Lipinski definition) is 3. The number of amidine groups is 1. The minimum Gasteiger partial charge on any atom is -0.369 e. The molecule has 0 spiro atoms. The summed E-state index contributed by atoms with van der Waals surface area (Å²) >= 11 is 5.99. The van der Waals surface area contributed by atoms with Crippen LogP contribution in [0.15, 0.2) is 52.4 Å². The van der Waals surface area contributed by atoms with Gasteiger partial charge in [0, 0.05) is 31.8 Å². The predicted molar refractivity (Wildman–Crippen MR) is 92.9 cm³/mol. The zero-order valence-electron chi connectivity index (χ0n) is 13.0. The maximum atomic E-state index is 13.1. The van der Waals surface area contributed by atoms with Crippen molar-refractivity contribution in [3.63, 3.8) is 0 Å². The first-order valence-corrected chi connectivity index (χ1v) is 7.24. The maximum absolute atomic E-state index is 13.1. The van der Waals surface area contributed by atoms with Crippen molar-refractivity contribution in [3.8, 4) is 0 Å². The first kappa shape index (κ1) is 17.6. The summed E-state index contributed by atoms with van der Waals surface area (Å²) in [6.45, 7) is 0. The van der Waals surface area contributed by atoms with E-state index in [-0.39, 0.29) is 10.7 Å². The SMILES string of the molecule is CN(C)/C=N/C(=Nc1ccc(F)cc1Cl)c1ccc([N+](=O)[O-])cc1. The summed E-state index contributed by atoms with van der Waals surface area (Å²) in [5.74, 6) is -0.167. The van der Waals surface area contributed by atoms with Crippen molar-refractivity contribution in [1.29, 1.82) is 0 Å². The molecule has 0 aliphatic heterocycles. The highest BCUT2D eigenvalue weighted by Crippen LogP contribution is 2.26. The molecule has 0 atom stereocenters. The lowest BCUT2D eigenvalue weighted by Gasteiger charge is -2.06. The van der Waals surface area contributed by atoms with Crippen LogP contribution in [0.25, 0.3) is 0 Å². The standard InChI is InChI=1S/C16H14ClFN4O2/c1-21(2)10-19-16(11-3-6-13(7-4-11)22(23)24)20-15-8-5-12(18)9-14(15)17/h3-10H,1-2H3/b19-10+,20-16?. The third kappa shape index (κ3) is 4.60. The van der Waals surface area contributed by atoms with Crippen LogP contribution in [0.2, 0.25) is 5.02 Å². The molecule has 0 aliphatic rings. The molecular weight excluding hydrogens is 335 g/mol. The van der Waals surface area contributed by atoms with Crippen molar-refractivity contribution < 1.29 is 9.31 Å². The summed E-state index contributed by atoms with van der Waals surface area (Å²) < 4.78 is 13.1. The minimum absolute atomic E-state index is 0.0329. The van der Waals surface area contributed by atoms with E-state index in [1.54, 1.807) is 31.1 Å². The monoisotopic (exact) mass is 348 g/mol. The lowest BCUT2D eigenvalue weighted by molar-refractivity contribution is -0.384. The highest BCUT2D eigenvalue weighted by molar-refractivity contribution is 6.33. The van der Waals surface area contributed by atoms with Gasteiger partial charge in [0.2, 0.25) is 0 Å². The fourth-order valence-corrected chi connectivity index (χ4v) is 1.97. The Labute approximate surface area is 143 Å². The number of non-ortho nitro benzene ring substituents is 1. The Balaban J connectivity index is 2.47. The molecule has 0 aromatic heterocycles. The van der Waals surface area contributed by atoms with E-state index in [1.807, 2.05) is 0 Å².